The van der Waals surface area contributed by atoms with Gasteiger partial charge in [0, 0.05) is 11.4 Å². The first-order chi connectivity index (χ1) is 12.2. The van der Waals surface area contributed by atoms with E-state index < -0.39 is 0 Å². The predicted molar refractivity (Wildman–Crippen MR) is 101 cm³/mol. The van der Waals surface area contributed by atoms with Gasteiger partial charge < -0.3 is 10.6 Å². The van der Waals surface area contributed by atoms with Gasteiger partial charge in [0.05, 0.1) is 0 Å². The van der Waals surface area contributed by atoms with Crippen molar-refractivity contribution < 1.29 is 4.63 Å². The van der Waals surface area contributed by atoms with Crippen molar-refractivity contribution in [2.45, 2.75) is 13.8 Å². The Bertz CT molecular complexity index is 803. The van der Waals surface area contributed by atoms with E-state index in [0.29, 0.717) is 22.9 Å². The number of hydrogen-bond acceptors (Lipinski definition) is 7. The highest BCUT2D eigenvalue weighted by molar-refractivity contribution is 5.75. The Morgan fingerprint density at radius 2 is 1.28 bits per heavy atom. The third-order valence-corrected chi connectivity index (χ3v) is 2.93. The maximum Gasteiger partial charge on any atom is 0.245 e. The summed E-state index contributed by atoms with van der Waals surface area (Å²) in [6.07, 6.45) is 14.6. The average Bonchev–Trinajstić information content (AvgIpc) is 3.03. The van der Waals surface area contributed by atoms with Crippen LogP contribution in [0, 0.1) is 0 Å². The van der Waals surface area contributed by atoms with Crippen LogP contribution >= 0.6 is 0 Å². The first-order valence-corrected chi connectivity index (χ1v) is 7.67. The molecule has 2 aromatic heterocycles. The van der Waals surface area contributed by atoms with Gasteiger partial charge in [0.25, 0.3) is 0 Å². The van der Waals surface area contributed by atoms with E-state index >= 15 is 0 Å². The van der Waals surface area contributed by atoms with Gasteiger partial charge in [-0.3, -0.25) is 0 Å². The molecule has 2 heterocycles. The number of nitrogens with zero attached hydrogens (tertiary/aromatic N) is 4. The van der Waals surface area contributed by atoms with Crippen LogP contribution in [0.4, 0.5) is 11.6 Å². The van der Waals surface area contributed by atoms with E-state index in [-0.39, 0.29) is 0 Å². The summed E-state index contributed by atoms with van der Waals surface area (Å²) >= 11 is 0. The van der Waals surface area contributed by atoms with Gasteiger partial charge in [0.15, 0.2) is 11.6 Å². The Balaban J connectivity index is 2.49. The van der Waals surface area contributed by atoms with Gasteiger partial charge in [-0.1, -0.05) is 37.5 Å². The van der Waals surface area contributed by atoms with Crippen molar-refractivity contribution in [1.29, 1.82) is 0 Å². The van der Waals surface area contributed by atoms with E-state index in [1.165, 1.54) is 0 Å². The number of anilines is 2. The Morgan fingerprint density at radius 1 is 0.840 bits per heavy atom. The molecule has 2 rings (SSSR count). The number of nitrogens with one attached hydrogen (secondary N) is 2. The average molecular weight is 336 g/mol. The molecule has 7 heteroatoms. The van der Waals surface area contributed by atoms with Gasteiger partial charge in [0.1, 0.15) is 0 Å². The molecule has 7 nitrogen and oxygen atoms in total. The van der Waals surface area contributed by atoms with Crippen molar-refractivity contribution >= 4 is 22.9 Å². The lowest BCUT2D eigenvalue weighted by Gasteiger charge is -2.12. The zero-order valence-corrected chi connectivity index (χ0v) is 14.2. The first kappa shape index (κ1) is 17.9. The summed E-state index contributed by atoms with van der Waals surface area (Å²) in [5, 5.41) is 13.9. The molecule has 0 spiro atoms. The molecule has 0 bridgehead atoms. The maximum atomic E-state index is 4.70. The minimum atomic E-state index is 0.312. The minimum absolute atomic E-state index is 0.312. The molecule has 0 radical (unpaired) electrons. The monoisotopic (exact) mass is 336 g/mol. The van der Waals surface area contributed by atoms with Crippen LogP contribution in [0.3, 0.4) is 0 Å². The molecule has 0 aliphatic rings. The zero-order valence-electron chi connectivity index (χ0n) is 14.2. The van der Waals surface area contributed by atoms with Crippen LogP contribution in [-0.2, 0) is 0 Å². The summed E-state index contributed by atoms with van der Waals surface area (Å²) in [7, 11) is 0. The Morgan fingerprint density at radius 3 is 1.64 bits per heavy atom. The third-order valence-electron chi connectivity index (χ3n) is 2.93. The highest BCUT2D eigenvalue weighted by atomic mass is 16.6. The molecule has 2 aromatic rings. The van der Waals surface area contributed by atoms with Crippen molar-refractivity contribution in [2.75, 3.05) is 10.6 Å². The minimum Gasteiger partial charge on any atom is -0.337 e. The molecule has 0 atom stereocenters. The highest BCUT2D eigenvalue weighted by Crippen LogP contribution is 2.23. The quantitative estimate of drug-likeness (QED) is 0.701. The van der Waals surface area contributed by atoms with E-state index in [1.54, 1.807) is 12.2 Å². The van der Waals surface area contributed by atoms with Crippen molar-refractivity contribution in [1.82, 2.24) is 20.3 Å². The number of fused-ring (bicyclic) bond motifs is 1. The Kier molecular flexibility index (Phi) is 6.41. The molecule has 2 N–H and O–H groups in total. The molecule has 25 heavy (non-hydrogen) atoms. The number of allylic oxidation sites excluding steroid dienone is 8. The van der Waals surface area contributed by atoms with Crippen LogP contribution in [0.1, 0.15) is 13.8 Å². The van der Waals surface area contributed by atoms with Gasteiger partial charge in [-0.25, -0.2) is 14.6 Å². The summed E-state index contributed by atoms with van der Waals surface area (Å²) in [6.45, 7) is 11.3. The van der Waals surface area contributed by atoms with Gasteiger partial charge in [-0.05, 0) is 48.5 Å². The normalized spacial score (nSPS) is 12.9. The lowest BCUT2D eigenvalue weighted by Crippen LogP contribution is -2.08. The molecular formula is C18H20N6O. The fourth-order valence-electron chi connectivity index (χ4n) is 1.98. The molecular weight excluding hydrogens is 316 g/mol. The van der Waals surface area contributed by atoms with Gasteiger partial charge in [-0.15, -0.1) is 0 Å². The highest BCUT2D eigenvalue weighted by Gasteiger charge is 2.13. The predicted octanol–water partition coefficient (Wildman–Crippen LogP) is 4.13. The van der Waals surface area contributed by atoms with Crippen molar-refractivity contribution in [3.8, 4) is 0 Å². The van der Waals surface area contributed by atoms with Crippen LogP contribution in [0.5, 0.6) is 0 Å². The first-order valence-electron chi connectivity index (χ1n) is 7.67. The van der Waals surface area contributed by atoms with Crippen LogP contribution in [0.2, 0.25) is 0 Å². The van der Waals surface area contributed by atoms with Crippen LogP contribution in [0.25, 0.3) is 11.3 Å². The van der Waals surface area contributed by atoms with Crippen LogP contribution in [-0.4, -0.2) is 20.3 Å². The number of hydrogen-bond donors (Lipinski definition) is 2. The van der Waals surface area contributed by atoms with Gasteiger partial charge in [-0.2, -0.15) is 0 Å². The lowest BCUT2D eigenvalue weighted by atomic mass is 10.3. The van der Waals surface area contributed by atoms with E-state index in [2.05, 4.69) is 44.1 Å². The molecule has 0 aromatic carbocycles. The van der Waals surface area contributed by atoms with E-state index in [0.717, 1.165) is 11.4 Å². The topological polar surface area (TPSA) is 88.8 Å². The van der Waals surface area contributed by atoms with E-state index in [1.807, 2.05) is 50.3 Å². The van der Waals surface area contributed by atoms with Gasteiger partial charge >= 0.3 is 0 Å². The van der Waals surface area contributed by atoms with Gasteiger partial charge in [0.2, 0.25) is 11.3 Å². The smallest absolute Gasteiger partial charge is 0.245 e. The molecule has 128 valence electrons. The summed E-state index contributed by atoms with van der Waals surface area (Å²) in [5.74, 6) is 0.961. The fourth-order valence-corrected chi connectivity index (χ4v) is 1.98. The maximum absolute atomic E-state index is 4.70. The van der Waals surface area contributed by atoms with Crippen molar-refractivity contribution in [2.24, 2.45) is 0 Å². The second kappa shape index (κ2) is 8.97. The third kappa shape index (κ3) is 4.74. The fraction of sp³-hybridized carbons (Fsp3) is 0.111. The Labute approximate surface area is 146 Å². The number of rotatable bonds is 8. The molecule has 0 fully saturated rings. The second-order valence-electron chi connectivity index (χ2n) is 4.80. The van der Waals surface area contributed by atoms with Crippen molar-refractivity contribution in [3.05, 3.63) is 73.2 Å². The van der Waals surface area contributed by atoms with E-state index in [4.69, 9.17) is 4.63 Å². The zero-order chi connectivity index (χ0) is 18.1. The lowest BCUT2D eigenvalue weighted by molar-refractivity contribution is 0.314. The summed E-state index contributed by atoms with van der Waals surface area (Å²) in [6, 6.07) is 0. The molecule has 0 unspecified atom stereocenters. The number of aromatic nitrogens is 4. The second-order valence-corrected chi connectivity index (χ2v) is 4.80. The summed E-state index contributed by atoms with van der Waals surface area (Å²) in [5.41, 5.74) is 2.22. The van der Waals surface area contributed by atoms with Crippen molar-refractivity contribution in [3.63, 3.8) is 0 Å². The van der Waals surface area contributed by atoms with E-state index in [9.17, 15) is 0 Å². The molecule has 0 saturated heterocycles. The largest absolute Gasteiger partial charge is 0.337 e. The molecule has 0 aliphatic heterocycles. The summed E-state index contributed by atoms with van der Waals surface area (Å²) < 4.78 is 4.70. The molecule has 0 saturated carbocycles. The van der Waals surface area contributed by atoms with Crippen LogP contribution in [0.15, 0.2) is 77.8 Å². The SMILES string of the molecule is C=C/C=C(\C=C/C)Nc1nc2nonc2nc1NC(/C=C\C)=C/C=C. The standard InChI is InChI=1S/C18H20N6O/c1-5-9-13(10-6-2)19-15-16(20-14(11-7-3)12-8-4)22-18-17(21-15)23-25-24-18/h5-12H,1,3H2,2,4H3,(H,19,21,23)(H,20,22,24)/b10-6-,12-8-,13-9+,14-11+. The Hall–Kier alpha value is -3.48. The summed E-state index contributed by atoms with van der Waals surface area (Å²) in [4.78, 5) is 8.85. The molecule has 0 amide bonds. The molecule has 0 aliphatic carbocycles. The van der Waals surface area contributed by atoms with Crippen LogP contribution < -0.4 is 10.6 Å².